The first-order valence-electron chi connectivity index (χ1n) is 7.23. The standard InChI is InChI=1S/C16H17F3O3/c17-16(18,19)15(22-8-11-4-2-1-3-5-11)9-14(10-15)6-12(7-14)13(20)21/h1-5,12H,6-10H2,(H,20,21). The molecule has 0 amide bonds. The number of hydrogen-bond donors (Lipinski definition) is 1. The van der Waals surface area contributed by atoms with Crippen LogP contribution in [0, 0.1) is 11.3 Å². The van der Waals surface area contributed by atoms with Crippen molar-refractivity contribution in [3.8, 4) is 0 Å². The zero-order valence-corrected chi connectivity index (χ0v) is 11.9. The molecule has 0 aromatic heterocycles. The molecule has 1 aromatic carbocycles. The number of rotatable bonds is 4. The molecule has 6 heteroatoms. The van der Waals surface area contributed by atoms with E-state index in [2.05, 4.69) is 0 Å². The Labute approximate surface area is 126 Å². The monoisotopic (exact) mass is 314 g/mol. The Hall–Kier alpha value is -1.56. The molecule has 0 saturated heterocycles. The topological polar surface area (TPSA) is 46.5 Å². The summed E-state index contributed by atoms with van der Waals surface area (Å²) in [6.07, 6.45) is -4.02. The van der Waals surface area contributed by atoms with E-state index in [9.17, 15) is 18.0 Å². The molecule has 0 atom stereocenters. The molecule has 2 fully saturated rings. The van der Waals surface area contributed by atoms with Crippen LogP contribution >= 0.6 is 0 Å². The highest BCUT2D eigenvalue weighted by atomic mass is 19.4. The van der Waals surface area contributed by atoms with Gasteiger partial charge in [0.25, 0.3) is 0 Å². The number of halogens is 3. The number of alkyl halides is 3. The van der Waals surface area contributed by atoms with Gasteiger partial charge in [0.2, 0.25) is 0 Å². The summed E-state index contributed by atoms with van der Waals surface area (Å²) in [6, 6.07) is 8.75. The van der Waals surface area contributed by atoms with E-state index in [-0.39, 0.29) is 19.4 Å². The average Bonchev–Trinajstić information content (AvgIpc) is 2.34. The summed E-state index contributed by atoms with van der Waals surface area (Å²) in [5.74, 6) is -1.42. The van der Waals surface area contributed by atoms with Crippen LogP contribution in [0.4, 0.5) is 13.2 Å². The van der Waals surface area contributed by atoms with Crippen LogP contribution in [0.25, 0.3) is 0 Å². The van der Waals surface area contributed by atoms with Crippen LogP contribution in [0.15, 0.2) is 30.3 Å². The predicted molar refractivity (Wildman–Crippen MR) is 72.0 cm³/mol. The molecule has 1 aromatic rings. The van der Waals surface area contributed by atoms with Gasteiger partial charge in [-0.15, -0.1) is 0 Å². The third kappa shape index (κ3) is 2.49. The summed E-state index contributed by atoms with van der Waals surface area (Å²) in [5.41, 5.74) is -1.91. The van der Waals surface area contributed by atoms with E-state index in [1.807, 2.05) is 0 Å². The van der Waals surface area contributed by atoms with Crippen LogP contribution < -0.4 is 0 Å². The van der Waals surface area contributed by atoms with E-state index >= 15 is 0 Å². The summed E-state index contributed by atoms with van der Waals surface area (Å²) in [6.45, 7) is -0.0845. The number of aliphatic carboxylic acids is 1. The number of benzene rings is 1. The molecule has 0 aliphatic heterocycles. The van der Waals surface area contributed by atoms with E-state index in [4.69, 9.17) is 9.84 Å². The third-order valence-electron chi connectivity index (χ3n) is 4.90. The van der Waals surface area contributed by atoms with Crippen LogP contribution in [-0.4, -0.2) is 22.9 Å². The molecule has 0 bridgehead atoms. The molecule has 2 aliphatic carbocycles. The van der Waals surface area contributed by atoms with Gasteiger partial charge in [-0.1, -0.05) is 30.3 Å². The van der Waals surface area contributed by atoms with Gasteiger partial charge in [0.05, 0.1) is 12.5 Å². The Morgan fingerprint density at radius 1 is 1.23 bits per heavy atom. The quantitative estimate of drug-likeness (QED) is 0.920. The van der Waals surface area contributed by atoms with Crippen LogP contribution in [0.1, 0.15) is 31.2 Å². The summed E-state index contributed by atoms with van der Waals surface area (Å²) in [4.78, 5) is 10.8. The zero-order valence-electron chi connectivity index (χ0n) is 11.9. The predicted octanol–water partition coefficient (Wildman–Crippen LogP) is 3.78. The lowest BCUT2D eigenvalue weighted by atomic mass is 9.46. The molecule has 3 rings (SSSR count). The molecular weight excluding hydrogens is 297 g/mol. The number of carboxylic acid groups (broad SMARTS) is 1. The van der Waals surface area contributed by atoms with E-state index < -0.39 is 29.1 Å². The lowest BCUT2D eigenvalue weighted by Crippen LogP contribution is -2.66. The fraction of sp³-hybridized carbons (Fsp3) is 0.562. The first-order chi connectivity index (χ1) is 10.3. The smallest absolute Gasteiger partial charge is 0.417 e. The van der Waals surface area contributed by atoms with Crippen LogP contribution in [-0.2, 0) is 16.1 Å². The van der Waals surface area contributed by atoms with Crippen molar-refractivity contribution in [3.05, 3.63) is 35.9 Å². The van der Waals surface area contributed by atoms with Gasteiger partial charge in [-0.3, -0.25) is 4.79 Å². The Balaban J connectivity index is 1.64. The second-order valence-corrected chi connectivity index (χ2v) is 6.56. The molecule has 0 radical (unpaired) electrons. The first-order valence-corrected chi connectivity index (χ1v) is 7.23. The highest BCUT2D eigenvalue weighted by Crippen LogP contribution is 2.67. The second-order valence-electron chi connectivity index (χ2n) is 6.56. The lowest BCUT2D eigenvalue weighted by molar-refractivity contribution is -0.349. The third-order valence-corrected chi connectivity index (χ3v) is 4.90. The molecule has 0 unspecified atom stereocenters. The number of ether oxygens (including phenoxy) is 1. The van der Waals surface area contributed by atoms with E-state index in [0.717, 1.165) is 0 Å². The minimum atomic E-state index is -4.43. The zero-order chi connectivity index (χ0) is 16.0. The highest BCUT2D eigenvalue weighted by molar-refractivity contribution is 5.71. The lowest BCUT2D eigenvalue weighted by Gasteiger charge is -2.62. The second kappa shape index (κ2) is 4.98. The van der Waals surface area contributed by atoms with Gasteiger partial charge in [0.15, 0.2) is 5.60 Å². The molecule has 0 heterocycles. The molecule has 1 N–H and O–H groups in total. The fourth-order valence-corrected chi connectivity index (χ4v) is 3.79. The summed E-state index contributed by atoms with van der Waals surface area (Å²) < 4.78 is 45.4. The van der Waals surface area contributed by atoms with Crippen molar-refractivity contribution in [1.29, 1.82) is 0 Å². The van der Waals surface area contributed by atoms with Crippen LogP contribution in [0.5, 0.6) is 0 Å². The fourth-order valence-electron chi connectivity index (χ4n) is 3.79. The molecular formula is C16H17F3O3. The average molecular weight is 314 g/mol. The van der Waals surface area contributed by atoms with Crippen molar-refractivity contribution in [1.82, 2.24) is 0 Å². The number of hydrogen-bond acceptors (Lipinski definition) is 2. The van der Waals surface area contributed by atoms with Gasteiger partial charge in [0.1, 0.15) is 0 Å². The highest BCUT2D eigenvalue weighted by Gasteiger charge is 2.71. The van der Waals surface area contributed by atoms with Gasteiger partial charge in [-0.2, -0.15) is 13.2 Å². The van der Waals surface area contributed by atoms with Crippen molar-refractivity contribution >= 4 is 5.97 Å². The summed E-state index contributed by atoms with van der Waals surface area (Å²) >= 11 is 0. The largest absolute Gasteiger partial charge is 0.481 e. The minimum absolute atomic E-state index is 0.0845. The maximum atomic E-state index is 13.4. The number of carbonyl (C=O) groups is 1. The van der Waals surface area contributed by atoms with Crippen molar-refractivity contribution in [3.63, 3.8) is 0 Å². The van der Waals surface area contributed by atoms with Gasteiger partial charge in [-0.25, -0.2) is 0 Å². The van der Waals surface area contributed by atoms with Gasteiger partial charge >= 0.3 is 12.1 Å². The van der Waals surface area contributed by atoms with Crippen molar-refractivity contribution < 1.29 is 27.8 Å². The van der Waals surface area contributed by atoms with Crippen molar-refractivity contribution in [2.24, 2.45) is 11.3 Å². The SMILES string of the molecule is O=C(O)C1CC2(C1)CC(OCc1ccccc1)(C(F)(F)F)C2. The van der Waals surface area contributed by atoms with Gasteiger partial charge < -0.3 is 9.84 Å². The van der Waals surface area contributed by atoms with Gasteiger partial charge in [-0.05, 0) is 36.7 Å². The maximum Gasteiger partial charge on any atom is 0.417 e. The van der Waals surface area contributed by atoms with Crippen molar-refractivity contribution in [2.75, 3.05) is 0 Å². The minimum Gasteiger partial charge on any atom is -0.481 e. The van der Waals surface area contributed by atoms with E-state index in [1.54, 1.807) is 30.3 Å². The van der Waals surface area contributed by atoms with Crippen molar-refractivity contribution in [2.45, 2.75) is 44.1 Å². The molecule has 22 heavy (non-hydrogen) atoms. The Morgan fingerprint density at radius 3 is 2.32 bits per heavy atom. The van der Waals surface area contributed by atoms with Gasteiger partial charge in [0, 0.05) is 0 Å². The van der Waals surface area contributed by atoms with Crippen LogP contribution in [0.2, 0.25) is 0 Å². The molecule has 120 valence electrons. The first kappa shape index (κ1) is 15.3. The molecule has 2 aliphatic rings. The Morgan fingerprint density at radius 2 is 1.82 bits per heavy atom. The Kier molecular flexibility index (Phi) is 3.47. The van der Waals surface area contributed by atoms with Crippen LogP contribution in [0.3, 0.4) is 0 Å². The summed E-state index contributed by atoms with van der Waals surface area (Å²) in [5, 5.41) is 8.87. The summed E-state index contributed by atoms with van der Waals surface area (Å²) in [7, 11) is 0. The Bertz CT molecular complexity index is 554. The molecule has 1 spiro atoms. The van der Waals surface area contributed by atoms with E-state index in [1.165, 1.54) is 0 Å². The normalized spacial score (nSPS) is 34.0. The molecule has 3 nitrogen and oxygen atoms in total. The number of carboxylic acids is 1. The molecule has 2 saturated carbocycles. The maximum absolute atomic E-state index is 13.4. The van der Waals surface area contributed by atoms with E-state index in [0.29, 0.717) is 18.4 Å².